The van der Waals surface area contributed by atoms with E-state index in [-0.39, 0.29) is 5.91 Å². The van der Waals surface area contributed by atoms with E-state index in [9.17, 15) is 4.79 Å². The molecule has 0 fully saturated rings. The highest BCUT2D eigenvalue weighted by molar-refractivity contribution is 5.96. The fourth-order valence-electron chi connectivity index (χ4n) is 3.08. The van der Waals surface area contributed by atoms with Crippen LogP contribution in [0.25, 0.3) is 11.4 Å². The van der Waals surface area contributed by atoms with Crippen LogP contribution in [0, 0.1) is 0 Å². The van der Waals surface area contributed by atoms with Gasteiger partial charge in [0.15, 0.2) is 0 Å². The van der Waals surface area contributed by atoms with E-state index >= 15 is 0 Å². The number of H-pyrrole nitrogens is 1. The van der Waals surface area contributed by atoms with Gasteiger partial charge in [-0.3, -0.25) is 9.78 Å². The molecule has 3 aromatic heterocycles. The SMILES string of the molecule is CCOc1ncccc1C(=O)N1CCc2nc(-c3cccnc3)[nH]c2C1. The molecule has 0 saturated heterocycles. The predicted molar refractivity (Wildman–Crippen MR) is 95.7 cm³/mol. The summed E-state index contributed by atoms with van der Waals surface area (Å²) in [6, 6.07) is 7.35. The number of carbonyl (C=O) groups is 1. The Balaban J connectivity index is 1.57. The van der Waals surface area contributed by atoms with Crippen LogP contribution in [0.2, 0.25) is 0 Å². The molecule has 0 spiro atoms. The smallest absolute Gasteiger partial charge is 0.259 e. The number of imidazole rings is 1. The van der Waals surface area contributed by atoms with Crippen LogP contribution in [0.4, 0.5) is 0 Å². The number of rotatable bonds is 4. The van der Waals surface area contributed by atoms with Crippen LogP contribution in [0.15, 0.2) is 42.9 Å². The molecule has 1 aliphatic rings. The summed E-state index contributed by atoms with van der Waals surface area (Å²) in [5.41, 5.74) is 3.39. The van der Waals surface area contributed by atoms with Crippen molar-refractivity contribution in [1.82, 2.24) is 24.8 Å². The molecule has 0 atom stereocenters. The number of aromatic amines is 1. The van der Waals surface area contributed by atoms with Gasteiger partial charge in [0, 0.05) is 37.1 Å². The maximum Gasteiger partial charge on any atom is 0.259 e. The quantitative estimate of drug-likeness (QED) is 0.782. The Morgan fingerprint density at radius 1 is 1.31 bits per heavy atom. The largest absolute Gasteiger partial charge is 0.477 e. The van der Waals surface area contributed by atoms with E-state index in [0.717, 1.165) is 22.8 Å². The van der Waals surface area contributed by atoms with E-state index in [1.165, 1.54) is 0 Å². The summed E-state index contributed by atoms with van der Waals surface area (Å²) in [7, 11) is 0. The first-order valence-electron chi connectivity index (χ1n) is 8.61. The fraction of sp³-hybridized carbons (Fsp3) is 0.263. The van der Waals surface area contributed by atoms with Gasteiger partial charge in [-0.05, 0) is 31.2 Å². The van der Waals surface area contributed by atoms with Crippen LogP contribution in [0.3, 0.4) is 0 Å². The van der Waals surface area contributed by atoms with Crippen LogP contribution in [-0.2, 0) is 13.0 Å². The fourth-order valence-corrected chi connectivity index (χ4v) is 3.08. The summed E-state index contributed by atoms with van der Waals surface area (Å²) >= 11 is 0. The van der Waals surface area contributed by atoms with Crippen LogP contribution in [0.1, 0.15) is 28.7 Å². The molecule has 4 rings (SSSR count). The van der Waals surface area contributed by atoms with E-state index in [1.807, 2.05) is 19.1 Å². The second-order valence-electron chi connectivity index (χ2n) is 6.02. The molecular weight excluding hydrogens is 330 g/mol. The number of hydrogen-bond acceptors (Lipinski definition) is 5. The predicted octanol–water partition coefficient (Wildman–Crippen LogP) is 2.46. The molecule has 3 aromatic rings. The van der Waals surface area contributed by atoms with Gasteiger partial charge in [-0.25, -0.2) is 9.97 Å². The highest BCUT2D eigenvalue weighted by atomic mass is 16.5. The molecule has 4 heterocycles. The summed E-state index contributed by atoms with van der Waals surface area (Å²) in [4.78, 5) is 31.0. The number of nitrogens with one attached hydrogen (secondary N) is 1. The van der Waals surface area contributed by atoms with Gasteiger partial charge < -0.3 is 14.6 Å². The molecule has 1 N–H and O–H groups in total. The summed E-state index contributed by atoms with van der Waals surface area (Å²) in [5, 5.41) is 0. The first-order valence-corrected chi connectivity index (χ1v) is 8.61. The normalized spacial score (nSPS) is 13.3. The van der Waals surface area contributed by atoms with Crippen LogP contribution < -0.4 is 4.74 Å². The summed E-state index contributed by atoms with van der Waals surface area (Å²) in [6.07, 6.45) is 5.85. The average molecular weight is 349 g/mol. The van der Waals surface area contributed by atoms with Gasteiger partial charge in [-0.1, -0.05) is 0 Å². The molecule has 0 aliphatic carbocycles. The van der Waals surface area contributed by atoms with Gasteiger partial charge >= 0.3 is 0 Å². The monoisotopic (exact) mass is 349 g/mol. The Hall–Kier alpha value is -3.22. The Morgan fingerprint density at radius 3 is 3.00 bits per heavy atom. The third kappa shape index (κ3) is 3.03. The second-order valence-corrected chi connectivity index (χ2v) is 6.02. The highest BCUT2D eigenvalue weighted by Gasteiger charge is 2.26. The van der Waals surface area contributed by atoms with Crippen molar-refractivity contribution in [2.45, 2.75) is 19.9 Å². The first kappa shape index (κ1) is 16.3. The van der Waals surface area contributed by atoms with Crippen molar-refractivity contribution in [2.24, 2.45) is 0 Å². The lowest BCUT2D eigenvalue weighted by Crippen LogP contribution is -2.36. The maximum absolute atomic E-state index is 12.9. The number of aromatic nitrogens is 4. The Labute approximate surface area is 151 Å². The molecule has 0 radical (unpaired) electrons. The van der Waals surface area contributed by atoms with Crippen LogP contribution in [-0.4, -0.2) is 43.9 Å². The van der Waals surface area contributed by atoms with Gasteiger partial charge in [0.05, 0.1) is 24.5 Å². The molecule has 0 unspecified atom stereocenters. The second kappa shape index (κ2) is 6.95. The molecule has 0 aromatic carbocycles. The maximum atomic E-state index is 12.9. The zero-order valence-corrected chi connectivity index (χ0v) is 14.5. The minimum absolute atomic E-state index is 0.0790. The number of pyridine rings is 2. The van der Waals surface area contributed by atoms with E-state index in [2.05, 4.69) is 19.9 Å². The standard InChI is InChI=1S/C19H19N5O2/c1-2-26-18-14(6-4-9-21-18)19(25)24-10-7-15-16(12-24)23-17(22-15)13-5-3-8-20-11-13/h3-6,8-9,11H,2,7,10,12H2,1H3,(H,22,23). The average Bonchev–Trinajstić information content (AvgIpc) is 3.12. The molecule has 1 amide bonds. The van der Waals surface area contributed by atoms with Crippen molar-refractivity contribution in [3.8, 4) is 17.3 Å². The lowest BCUT2D eigenvalue weighted by molar-refractivity contribution is 0.0726. The Kier molecular flexibility index (Phi) is 4.35. The first-order chi connectivity index (χ1) is 12.8. The van der Waals surface area contributed by atoms with Crippen molar-refractivity contribution in [1.29, 1.82) is 0 Å². The summed E-state index contributed by atoms with van der Waals surface area (Å²) in [5.74, 6) is 1.09. The van der Waals surface area contributed by atoms with Crippen molar-refractivity contribution >= 4 is 5.91 Å². The number of nitrogens with zero attached hydrogens (tertiary/aromatic N) is 4. The molecule has 0 saturated carbocycles. The minimum atomic E-state index is -0.0790. The van der Waals surface area contributed by atoms with E-state index in [1.54, 1.807) is 35.6 Å². The van der Waals surface area contributed by atoms with E-state index < -0.39 is 0 Å². The Morgan fingerprint density at radius 2 is 2.19 bits per heavy atom. The van der Waals surface area contributed by atoms with Crippen molar-refractivity contribution in [2.75, 3.05) is 13.2 Å². The third-order valence-electron chi connectivity index (χ3n) is 4.34. The molecule has 26 heavy (non-hydrogen) atoms. The number of carbonyl (C=O) groups excluding carboxylic acids is 1. The topological polar surface area (TPSA) is 84.0 Å². The van der Waals surface area contributed by atoms with Crippen molar-refractivity contribution in [3.63, 3.8) is 0 Å². The van der Waals surface area contributed by atoms with E-state index in [0.29, 0.717) is 37.6 Å². The van der Waals surface area contributed by atoms with Gasteiger partial charge in [0.2, 0.25) is 5.88 Å². The van der Waals surface area contributed by atoms with Gasteiger partial charge in [0.1, 0.15) is 11.4 Å². The van der Waals surface area contributed by atoms with Gasteiger partial charge in [-0.15, -0.1) is 0 Å². The van der Waals surface area contributed by atoms with Gasteiger partial charge in [-0.2, -0.15) is 0 Å². The molecular formula is C19H19N5O2. The zero-order chi connectivity index (χ0) is 17.9. The van der Waals surface area contributed by atoms with Crippen LogP contribution in [0.5, 0.6) is 5.88 Å². The number of amides is 1. The molecule has 0 bridgehead atoms. The zero-order valence-electron chi connectivity index (χ0n) is 14.5. The third-order valence-corrected chi connectivity index (χ3v) is 4.34. The molecule has 7 heteroatoms. The summed E-state index contributed by atoms with van der Waals surface area (Å²) in [6.45, 7) is 3.45. The minimum Gasteiger partial charge on any atom is -0.477 e. The Bertz CT molecular complexity index is 923. The van der Waals surface area contributed by atoms with Crippen molar-refractivity contribution in [3.05, 3.63) is 59.8 Å². The van der Waals surface area contributed by atoms with Crippen LogP contribution >= 0.6 is 0 Å². The molecule has 7 nitrogen and oxygen atoms in total. The number of ether oxygens (including phenoxy) is 1. The molecule has 132 valence electrons. The number of hydrogen-bond donors (Lipinski definition) is 1. The molecule has 1 aliphatic heterocycles. The number of fused-ring (bicyclic) bond motifs is 1. The highest BCUT2D eigenvalue weighted by Crippen LogP contribution is 2.25. The van der Waals surface area contributed by atoms with Gasteiger partial charge in [0.25, 0.3) is 5.91 Å². The lowest BCUT2D eigenvalue weighted by atomic mass is 10.1. The summed E-state index contributed by atoms with van der Waals surface area (Å²) < 4.78 is 5.49. The van der Waals surface area contributed by atoms with E-state index in [4.69, 9.17) is 4.74 Å². The van der Waals surface area contributed by atoms with Crippen molar-refractivity contribution < 1.29 is 9.53 Å². The lowest BCUT2D eigenvalue weighted by Gasteiger charge is -2.26.